The van der Waals surface area contributed by atoms with Gasteiger partial charge in [-0.25, -0.2) is 4.79 Å². The van der Waals surface area contributed by atoms with Gasteiger partial charge in [0.15, 0.2) is 5.78 Å². The van der Waals surface area contributed by atoms with E-state index in [1.54, 1.807) is 6.92 Å². The van der Waals surface area contributed by atoms with Crippen molar-refractivity contribution in [3.8, 4) is 0 Å². The van der Waals surface area contributed by atoms with Gasteiger partial charge in [0.05, 0.1) is 19.8 Å². The number of benzene rings is 1. The van der Waals surface area contributed by atoms with Crippen LogP contribution in [0.3, 0.4) is 0 Å². The number of hydrogen-bond acceptors (Lipinski definition) is 5. The molecule has 1 aromatic carbocycles. The Morgan fingerprint density at radius 2 is 1.75 bits per heavy atom. The third kappa shape index (κ3) is 1.84. The van der Waals surface area contributed by atoms with E-state index in [4.69, 9.17) is 9.47 Å². The first-order valence-electron chi connectivity index (χ1n) is 7.87. The summed E-state index contributed by atoms with van der Waals surface area (Å²) in [5.74, 6) is -1.40. The van der Waals surface area contributed by atoms with Gasteiger partial charge in [-0.3, -0.25) is 9.59 Å². The zero-order valence-corrected chi connectivity index (χ0v) is 14.3. The highest BCUT2D eigenvalue weighted by atomic mass is 16.5. The number of hydrogen-bond donors (Lipinski definition) is 0. The second-order valence-corrected chi connectivity index (χ2v) is 6.66. The number of ether oxygens (including phenoxy) is 2. The van der Waals surface area contributed by atoms with Crippen molar-refractivity contribution in [3.05, 3.63) is 41.0 Å². The molecule has 2 aliphatic carbocycles. The highest BCUT2D eigenvalue weighted by Gasteiger charge is 2.60. The second-order valence-electron chi connectivity index (χ2n) is 6.66. The summed E-state index contributed by atoms with van der Waals surface area (Å²) in [6, 6.07) is 7.51. The number of esters is 2. The number of carbonyl (C=O) groups excluding carboxylic acids is 3. The van der Waals surface area contributed by atoms with Crippen LogP contribution in [0.15, 0.2) is 29.8 Å². The normalized spacial score (nSPS) is 28.2. The quantitative estimate of drug-likeness (QED) is 0.616. The van der Waals surface area contributed by atoms with Gasteiger partial charge in [-0.1, -0.05) is 31.2 Å². The minimum Gasteiger partial charge on any atom is -0.468 e. The molecule has 0 radical (unpaired) electrons. The molecule has 0 aliphatic heterocycles. The molecule has 1 saturated carbocycles. The fraction of sp³-hybridized carbons (Fsp3) is 0.421. The Hall–Kier alpha value is -2.43. The van der Waals surface area contributed by atoms with E-state index in [0.29, 0.717) is 17.6 Å². The zero-order valence-electron chi connectivity index (χ0n) is 14.3. The summed E-state index contributed by atoms with van der Waals surface area (Å²) >= 11 is 0. The molecule has 1 fully saturated rings. The minimum absolute atomic E-state index is 0.226. The fourth-order valence-electron chi connectivity index (χ4n) is 4.28. The van der Waals surface area contributed by atoms with Gasteiger partial charge in [0, 0.05) is 11.8 Å². The molecular weight excluding hydrogens is 308 g/mol. The van der Waals surface area contributed by atoms with Gasteiger partial charge in [0.25, 0.3) is 0 Å². The minimum atomic E-state index is -1.48. The van der Waals surface area contributed by atoms with Crippen molar-refractivity contribution in [2.45, 2.75) is 32.1 Å². The van der Waals surface area contributed by atoms with Gasteiger partial charge in [-0.2, -0.15) is 0 Å². The lowest BCUT2D eigenvalue weighted by Gasteiger charge is -2.42. The van der Waals surface area contributed by atoms with Crippen molar-refractivity contribution in [3.63, 3.8) is 0 Å². The molecule has 0 aromatic heterocycles. The third-order valence-corrected chi connectivity index (χ3v) is 5.49. The summed E-state index contributed by atoms with van der Waals surface area (Å²) in [5, 5.41) is 0. The van der Waals surface area contributed by atoms with Crippen LogP contribution in [0, 0.1) is 5.41 Å². The van der Waals surface area contributed by atoms with Gasteiger partial charge in [0.1, 0.15) is 5.41 Å². The molecule has 24 heavy (non-hydrogen) atoms. The summed E-state index contributed by atoms with van der Waals surface area (Å²) in [6.07, 6.45) is 0.805. The first-order valence-corrected chi connectivity index (χ1v) is 7.87. The highest BCUT2D eigenvalue weighted by molar-refractivity contribution is 6.24. The van der Waals surface area contributed by atoms with Gasteiger partial charge in [-0.15, -0.1) is 0 Å². The number of methoxy groups -OCH3 is 2. The average molecular weight is 328 g/mol. The molecule has 5 nitrogen and oxygen atoms in total. The summed E-state index contributed by atoms with van der Waals surface area (Å²) < 4.78 is 9.90. The fourth-order valence-corrected chi connectivity index (χ4v) is 4.28. The van der Waals surface area contributed by atoms with Crippen LogP contribution >= 0.6 is 0 Å². The van der Waals surface area contributed by atoms with E-state index < -0.39 is 22.8 Å². The Labute approximate surface area is 140 Å². The van der Waals surface area contributed by atoms with Crippen molar-refractivity contribution in [1.29, 1.82) is 0 Å². The van der Waals surface area contributed by atoms with Gasteiger partial charge in [0.2, 0.25) is 0 Å². The molecule has 0 bridgehead atoms. The van der Waals surface area contributed by atoms with Gasteiger partial charge < -0.3 is 9.47 Å². The lowest BCUT2D eigenvalue weighted by molar-refractivity contribution is -0.156. The molecule has 2 atom stereocenters. The van der Waals surface area contributed by atoms with Crippen LogP contribution in [-0.4, -0.2) is 31.9 Å². The summed E-state index contributed by atoms with van der Waals surface area (Å²) in [5.41, 5.74) is 0.443. The smallest absolute Gasteiger partial charge is 0.338 e. The molecule has 1 aromatic rings. The van der Waals surface area contributed by atoms with E-state index in [1.165, 1.54) is 14.2 Å². The number of carbonyl (C=O) groups is 3. The molecule has 0 N–H and O–H groups in total. The van der Waals surface area contributed by atoms with Crippen LogP contribution in [0.2, 0.25) is 0 Å². The Morgan fingerprint density at radius 3 is 2.38 bits per heavy atom. The Morgan fingerprint density at radius 1 is 1.08 bits per heavy atom. The zero-order chi connectivity index (χ0) is 17.7. The maximum Gasteiger partial charge on any atom is 0.338 e. The standard InChI is InChI=1S/C19H20O5/c1-18-10-9-13(20)19(2,17(22)24-4)15(18)14(16(21)23-3)11-7-5-6-8-12(11)18/h5-8H,9-10H2,1-4H3. The first kappa shape index (κ1) is 16.4. The maximum atomic E-state index is 12.7. The van der Waals surface area contributed by atoms with Gasteiger partial charge >= 0.3 is 11.9 Å². The van der Waals surface area contributed by atoms with E-state index in [2.05, 4.69) is 0 Å². The lowest BCUT2D eigenvalue weighted by atomic mass is 9.58. The molecule has 2 unspecified atom stereocenters. The summed E-state index contributed by atoms with van der Waals surface area (Å²) in [6.45, 7) is 3.54. The van der Waals surface area contributed by atoms with E-state index in [-0.39, 0.29) is 12.2 Å². The van der Waals surface area contributed by atoms with Crippen molar-refractivity contribution in [2.75, 3.05) is 14.2 Å². The summed E-state index contributed by atoms with van der Waals surface area (Å²) in [4.78, 5) is 37.8. The largest absolute Gasteiger partial charge is 0.468 e. The maximum absolute atomic E-state index is 12.7. The lowest BCUT2D eigenvalue weighted by Crippen LogP contribution is -2.49. The molecule has 126 valence electrons. The number of ketones is 1. The van der Waals surface area contributed by atoms with Crippen molar-refractivity contribution in [2.24, 2.45) is 5.41 Å². The first-order chi connectivity index (χ1) is 11.3. The molecule has 0 amide bonds. The average Bonchev–Trinajstić information content (AvgIpc) is 2.87. The van der Waals surface area contributed by atoms with Crippen LogP contribution in [0.25, 0.3) is 5.57 Å². The molecule has 5 heteroatoms. The predicted octanol–water partition coefficient (Wildman–Crippen LogP) is 2.43. The highest BCUT2D eigenvalue weighted by Crippen LogP contribution is 2.59. The van der Waals surface area contributed by atoms with Crippen LogP contribution in [-0.2, 0) is 29.3 Å². The molecular formula is C19H20O5. The Balaban J connectivity index is 2.40. The number of Topliss-reactive ketones (excluding diaryl/α,β-unsaturated/α-hetero) is 1. The third-order valence-electron chi connectivity index (χ3n) is 5.49. The van der Waals surface area contributed by atoms with Crippen molar-refractivity contribution < 1.29 is 23.9 Å². The predicted molar refractivity (Wildman–Crippen MR) is 87.1 cm³/mol. The monoisotopic (exact) mass is 328 g/mol. The van der Waals surface area contributed by atoms with E-state index >= 15 is 0 Å². The van der Waals surface area contributed by atoms with Crippen LogP contribution in [0.1, 0.15) is 37.8 Å². The van der Waals surface area contributed by atoms with Crippen LogP contribution < -0.4 is 0 Å². The summed E-state index contributed by atoms with van der Waals surface area (Å²) in [7, 11) is 2.56. The van der Waals surface area contributed by atoms with Crippen LogP contribution in [0.4, 0.5) is 0 Å². The molecule has 2 aliphatic rings. The topological polar surface area (TPSA) is 69.7 Å². The Kier molecular flexibility index (Phi) is 3.62. The van der Waals surface area contributed by atoms with E-state index in [0.717, 1.165) is 11.1 Å². The molecule has 0 heterocycles. The Bertz CT molecular complexity index is 781. The van der Waals surface area contributed by atoms with E-state index in [9.17, 15) is 14.4 Å². The molecule has 3 rings (SSSR count). The SMILES string of the molecule is COC(=O)C1=C2C(C)(C(=O)OC)C(=O)CCC2(C)c2ccccc21. The van der Waals surface area contributed by atoms with E-state index in [1.807, 2.05) is 31.2 Å². The van der Waals surface area contributed by atoms with Gasteiger partial charge in [-0.05, 0) is 30.0 Å². The molecule has 0 spiro atoms. The number of fused-ring (bicyclic) bond motifs is 3. The van der Waals surface area contributed by atoms with Crippen LogP contribution in [0.5, 0.6) is 0 Å². The molecule has 0 saturated heterocycles. The second kappa shape index (κ2) is 5.30. The number of rotatable bonds is 2. The van der Waals surface area contributed by atoms with Crippen molar-refractivity contribution >= 4 is 23.3 Å². The van der Waals surface area contributed by atoms with Crippen molar-refractivity contribution in [1.82, 2.24) is 0 Å².